The highest BCUT2D eigenvalue weighted by molar-refractivity contribution is 7.15. The average molecular weight is 307 g/mol. The van der Waals surface area contributed by atoms with E-state index in [2.05, 4.69) is 15.5 Å². The first kappa shape index (κ1) is 15.4. The van der Waals surface area contributed by atoms with Gasteiger partial charge in [0.1, 0.15) is 10.8 Å². The first-order chi connectivity index (χ1) is 10.1. The zero-order chi connectivity index (χ0) is 15.2. The summed E-state index contributed by atoms with van der Waals surface area (Å²) in [5, 5.41) is 11.7. The molecule has 6 nitrogen and oxygen atoms in total. The number of amides is 1. The molecule has 0 atom stereocenters. The Morgan fingerprint density at radius 2 is 2.19 bits per heavy atom. The highest BCUT2D eigenvalue weighted by Crippen LogP contribution is 2.22. The van der Waals surface area contributed by atoms with Crippen molar-refractivity contribution in [3.8, 4) is 5.75 Å². The van der Waals surface area contributed by atoms with Gasteiger partial charge in [-0.15, -0.1) is 10.2 Å². The first-order valence-electron chi connectivity index (χ1n) is 6.50. The molecule has 7 heteroatoms. The molecular weight excluding hydrogens is 290 g/mol. The normalized spacial score (nSPS) is 10.4. The van der Waals surface area contributed by atoms with Crippen LogP contribution in [0.1, 0.15) is 27.9 Å². The minimum Gasteiger partial charge on any atom is -0.496 e. The van der Waals surface area contributed by atoms with Gasteiger partial charge in [0.2, 0.25) is 5.13 Å². The molecule has 112 valence electrons. The van der Waals surface area contributed by atoms with Crippen LogP contribution in [0.3, 0.4) is 0 Å². The summed E-state index contributed by atoms with van der Waals surface area (Å²) < 4.78 is 10.7. The number of anilines is 1. The number of methoxy groups -OCH3 is 1. The molecule has 21 heavy (non-hydrogen) atoms. The van der Waals surface area contributed by atoms with E-state index in [0.29, 0.717) is 29.7 Å². The number of benzene rings is 1. The van der Waals surface area contributed by atoms with Crippen molar-refractivity contribution in [2.75, 3.05) is 19.0 Å². The molecule has 0 saturated carbocycles. The Morgan fingerprint density at radius 3 is 2.81 bits per heavy atom. The van der Waals surface area contributed by atoms with E-state index in [1.54, 1.807) is 25.3 Å². The lowest BCUT2D eigenvalue weighted by atomic mass is 10.1. The van der Waals surface area contributed by atoms with Gasteiger partial charge in [-0.25, -0.2) is 0 Å². The van der Waals surface area contributed by atoms with Crippen molar-refractivity contribution < 1.29 is 14.3 Å². The predicted molar refractivity (Wildman–Crippen MR) is 80.9 cm³/mol. The van der Waals surface area contributed by atoms with E-state index in [4.69, 9.17) is 9.47 Å². The Balaban J connectivity index is 2.16. The Kier molecular flexibility index (Phi) is 5.24. The van der Waals surface area contributed by atoms with Crippen molar-refractivity contribution in [3.63, 3.8) is 0 Å². The SMILES string of the molecule is CCOCc1cc(C(=O)Nc2nnc(C)s2)ccc1OC. The third-order valence-corrected chi connectivity index (χ3v) is 3.50. The molecule has 2 rings (SSSR count). The highest BCUT2D eigenvalue weighted by atomic mass is 32.1. The summed E-state index contributed by atoms with van der Waals surface area (Å²) in [6, 6.07) is 5.23. The Bertz CT molecular complexity index is 628. The number of hydrogen-bond donors (Lipinski definition) is 1. The Morgan fingerprint density at radius 1 is 1.38 bits per heavy atom. The number of carbonyl (C=O) groups excluding carboxylic acids is 1. The van der Waals surface area contributed by atoms with Crippen LogP contribution < -0.4 is 10.1 Å². The van der Waals surface area contributed by atoms with Crippen molar-refractivity contribution >= 4 is 22.4 Å². The number of rotatable bonds is 6. The van der Waals surface area contributed by atoms with Gasteiger partial charge in [0.15, 0.2) is 0 Å². The third-order valence-electron chi connectivity index (χ3n) is 2.75. The van der Waals surface area contributed by atoms with Gasteiger partial charge in [-0.3, -0.25) is 10.1 Å². The molecule has 0 unspecified atom stereocenters. The van der Waals surface area contributed by atoms with Gasteiger partial charge < -0.3 is 9.47 Å². The van der Waals surface area contributed by atoms with Crippen molar-refractivity contribution in [2.24, 2.45) is 0 Å². The Hall–Kier alpha value is -1.99. The largest absolute Gasteiger partial charge is 0.496 e. The van der Waals surface area contributed by atoms with E-state index in [9.17, 15) is 4.79 Å². The Labute approximate surface area is 127 Å². The summed E-state index contributed by atoms with van der Waals surface area (Å²) in [6.45, 7) is 4.75. The van der Waals surface area contributed by atoms with Gasteiger partial charge in [-0.05, 0) is 32.0 Å². The number of nitrogens with one attached hydrogen (secondary N) is 1. The molecule has 0 fully saturated rings. The average Bonchev–Trinajstić information content (AvgIpc) is 2.89. The van der Waals surface area contributed by atoms with Crippen LogP contribution in [0.25, 0.3) is 0 Å². The molecular formula is C14H17N3O3S. The fraction of sp³-hybridized carbons (Fsp3) is 0.357. The van der Waals surface area contributed by atoms with E-state index in [0.717, 1.165) is 10.6 Å². The van der Waals surface area contributed by atoms with Crippen LogP contribution >= 0.6 is 11.3 Å². The standard InChI is InChI=1S/C14H17N3O3S/c1-4-20-8-11-7-10(5-6-12(11)19-3)13(18)15-14-17-16-9(2)21-14/h5-7H,4,8H2,1-3H3,(H,15,17,18). The summed E-state index contributed by atoms with van der Waals surface area (Å²) in [5.41, 5.74) is 1.36. The first-order valence-corrected chi connectivity index (χ1v) is 7.31. The quantitative estimate of drug-likeness (QED) is 0.888. The lowest BCUT2D eigenvalue weighted by Crippen LogP contribution is -2.12. The van der Waals surface area contributed by atoms with E-state index in [1.165, 1.54) is 11.3 Å². The van der Waals surface area contributed by atoms with Crippen LogP contribution in [-0.4, -0.2) is 29.8 Å². The second kappa shape index (κ2) is 7.14. The summed E-state index contributed by atoms with van der Waals surface area (Å²) in [6.07, 6.45) is 0. The van der Waals surface area contributed by atoms with Gasteiger partial charge in [0.05, 0.1) is 13.7 Å². The van der Waals surface area contributed by atoms with Crippen LogP contribution in [0, 0.1) is 6.92 Å². The smallest absolute Gasteiger partial charge is 0.257 e. The fourth-order valence-corrected chi connectivity index (χ4v) is 2.35. The van der Waals surface area contributed by atoms with Crippen LogP contribution in [0.15, 0.2) is 18.2 Å². The van der Waals surface area contributed by atoms with Crippen molar-refractivity contribution in [2.45, 2.75) is 20.5 Å². The van der Waals surface area contributed by atoms with Gasteiger partial charge in [-0.2, -0.15) is 0 Å². The zero-order valence-electron chi connectivity index (χ0n) is 12.2. The minimum absolute atomic E-state index is 0.230. The van der Waals surface area contributed by atoms with Crippen molar-refractivity contribution in [1.82, 2.24) is 10.2 Å². The van der Waals surface area contributed by atoms with Crippen LogP contribution in [0.5, 0.6) is 5.75 Å². The van der Waals surface area contributed by atoms with Crippen molar-refractivity contribution in [3.05, 3.63) is 34.3 Å². The van der Waals surface area contributed by atoms with E-state index >= 15 is 0 Å². The molecule has 0 aliphatic heterocycles. The molecule has 0 radical (unpaired) electrons. The molecule has 0 spiro atoms. The fourth-order valence-electron chi connectivity index (χ4n) is 1.76. The van der Waals surface area contributed by atoms with Crippen molar-refractivity contribution in [1.29, 1.82) is 0 Å². The number of aromatic nitrogens is 2. The predicted octanol–water partition coefficient (Wildman–Crippen LogP) is 2.64. The molecule has 1 amide bonds. The number of hydrogen-bond acceptors (Lipinski definition) is 6. The molecule has 1 aromatic heterocycles. The monoisotopic (exact) mass is 307 g/mol. The van der Waals surface area contributed by atoms with Crippen LogP contribution in [0.2, 0.25) is 0 Å². The van der Waals surface area contributed by atoms with Gasteiger partial charge in [0, 0.05) is 17.7 Å². The van der Waals surface area contributed by atoms with Gasteiger partial charge in [0.25, 0.3) is 5.91 Å². The molecule has 1 aromatic carbocycles. The molecule has 1 N–H and O–H groups in total. The maximum atomic E-state index is 12.2. The lowest BCUT2D eigenvalue weighted by molar-refractivity contribution is 0.102. The molecule has 2 aromatic rings. The van der Waals surface area contributed by atoms with Gasteiger partial charge in [-0.1, -0.05) is 11.3 Å². The van der Waals surface area contributed by atoms with E-state index < -0.39 is 0 Å². The number of aryl methyl sites for hydroxylation is 1. The summed E-state index contributed by atoms with van der Waals surface area (Å²) in [5.74, 6) is 0.471. The third kappa shape index (κ3) is 3.99. The number of carbonyl (C=O) groups is 1. The molecule has 1 heterocycles. The molecule has 0 aliphatic rings. The number of ether oxygens (including phenoxy) is 2. The zero-order valence-corrected chi connectivity index (χ0v) is 13.0. The summed E-state index contributed by atoms with van der Waals surface area (Å²) in [4.78, 5) is 12.2. The van der Waals surface area contributed by atoms with Crippen LogP contribution in [0.4, 0.5) is 5.13 Å². The maximum Gasteiger partial charge on any atom is 0.257 e. The van der Waals surface area contributed by atoms with E-state index in [1.807, 2.05) is 13.8 Å². The molecule has 0 aliphatic carbocycles. The lowest BCUT2D eigenvalue weighted by Gasteiger charge is -2.10. The second-order valence-corrected chi connectivity index (χ2v) is 5.43. The second-order valence-electron chi connectivity index (χ2n) is 4.24. The minimum atomic E-state index is -0.230. The van der Waals surface area contributed by atoms with Crippen LogP contribution in [-0.2, 0) is 11.3 Å². The number of nitrogens with zero attached hydrogens (tertiary/aromatic N) is 2. The molecule has 0 saturated heterocycles. The van der Waals surface area contributed by atoms with Gasteiger partial charge >= 0.3 is 0 Å². The highest BCUT2D eigenvalue weighted by Gasteiger charge is 2.12. The topological polar surface area (TPSA) is 73.3 Å². The van der Waals surface area contributed by atoms with E-state index in [-0.39, 0.29) is 5.91 Å². The summed E-state index contributed by atoms with van der Waals surface area (Å²) >= 11 is 1.33. The summed E-state index contributed by atoms with van der Waals surface area (Å²) in [7, 11) is 1.59. The molecule has 0 bridgehead atoms. The maximum absolute atomic E-state index is 12.2.